The number of carbonyl (C=O) groups excluding carboxylic acids is 1. The lowest BCUT2D eigenvalue weighted by atomic mass is 9.98. The number of nitrogens with zero attached hydrogens (tertiary/aromatic N) is 2. The lowest BCUT2D eigenvalue weighted by Crippen LogP contribution is -2.38. The van der Waals surface area contributed by atoms with Crippen molar-refractivity contribution >= 4 is 21.8 Å². The smallest absolute Gasteiger partial charge is 0.253 e. The van der Waals surface area contributed by atoms with Crippen LogP contribution in [0.15, 0.2) is 24.3 Å². The summed E-state index contributed by atoms with van der Waals surface area (Å²) in [6, 6.07) is 8.98. The summed E-state index contributed by atoms with van der Waals surface area (Å²) >= 11 is 3.49. The summed E-state index contributed by atoms with van der Waals surface area (Å²) in [5, 5.41) is 9.85. The van der Waals surface area contributed by atoms with Crippen LogP contribution >= 0.6 is 15.9 Å². The second kappa shape index (κ2) is 6.01. The number of likely N-dealkylation sites (tertiary alicyclic amines) is 1. The van der Waals surface area contributed by atoms with Crippen LogP contribution < -0.4 is 0 Å². The molecule has 1 saturated heterocycles. The van der Waals surface area contributed by atoms with Gasteiger partial charge in [0.1, 0.15) is 0 Å². The van der Waals surface area contributed by atoms with E-state index in [2.05, 4.69) is 22.0 Å². The van der Waals surface area contributed by atoms with Crippen molar-refractivity contribution in [1.82, 2.24) is 4.90 Å². The van der Waals surface area contributed by atoms with Gasteiger partial charge in [-0.05, 0) is 37.0 Å². The zero-order valence-electron chi connectivity index (χ0n) is 10.1. The Kier molecular flexibility index (Phi) is 4.38. The minimum atomic E-state index is 0.0418. The van der Waals surface area contributed by atoms with Crippen molar-refractivity contribution in [1.29, 1.82) is 5.26 Å². The van der Waals surface area contributed by atoms with Crippen LogP contribution in [0.25, 0.3) is 0 Å². The molecule has 1 aliphatic rings. The van der Waals surface area contributed by atoms with E-state index >= 15 is 0 Å². The summed E-state index contributed by atoms with van der Waals surface area (Å²) in [6.45, 7) is 1.62. The van der Waals surface area contributed by atoms with Gasteiger partial charge in [-0.25, -0.2) is 0 Å². The van der Waals surface area contributed by atoms with E-state index in [1.165, 1.54) is 0 Å². The van der Waals surface area contributed by atoms with Gasteiger partial charge in [-0.3, -0.25) is 4.79 Å². The van der Waals surface area contributed by atoms with Crippen molar-refractivity contribution in [2.45, 2.75) is 12.8 Å². The number of rotatable bonds is 2. The lowest BCUT2D eigenvalue weighted by Gasteiger charge is -2.31. The van der Waals surface area contributed by atoms with Crippen molar-refractivity contribution in [3.05, 3.63) is 35.4 Å². The Balaban J connectivity index is 2.06. The Hall–Kier alpha value is -1.34. The second-order valence-electron chi connectivity index (χ2n) is 4.58. The van der Waals surface area contributed by atoms with E-state index in [4.69, 9.17) is 5.26 Å². The van der Waals surface area contributed by atoms with E-state index in [1.807, 2.05) is 4.90 Å². The van der Waals surface area contributed by atoms with Gasteiger partial charge in [0.25, 0.3) is 5.91 Å². The molecule has 0 aliphatic carbocycles. The molecule has 3 nitrogen and oxygen atoms in total. The van der Waals surface area contributed by atoms with E-state index < -0.39 is 0 Å². The Bertz CT molecular complexity index is 473. The topological polar surface area (TPSA) is 44.1 Å². The molecule has 1 heterocycles. The van der Waals surface area contributed by atoms with E-state index in [9.17, 15) is 4.79 Å². The summed E-state index contributed by atoms with van der Waals surface area (Å²) in [5.74, 6) is 0.722. The van der Waals surface area contributed by atoms with Gasteiger partial charge < -0.3 is 4.90 Å². The molecule has 0 radical (unpaired) electrons. The third kappa shape index (κ3) is 2.91. The first-order chi connectivity index (χ1) is 8.74. The molecule has 0 unspecified atom stereocenters. The third-order valence-corrected chi connectivity index (χ3v) is 4.27. The highest BCUT2D eigenvalue weighted by Gasteiger charge is 2.22. The second-order valence-corrected chi connectivity index (χ2v) is 5.23. The number of halogens is 1. The molecule has 4 heteroatoms. The quantitative estimate of drug-likeness (QED) is 0.789. The molecule has 1 amide bonds. The average Bonchev–Trinajstić information content (AvgIpc) is 2.46. The fourth-order valence-electron chi connectivity index (χ4n) is 2.19. The number of piperidine rings is 1. The Morgan fingerprint density at radius 2 is 2.17 bits per heavy atom. The van der Waals surface area contributed by atoms with Crippen LogP contribution in [0.3, 0.4) is 0 Å². The maximum Gasteiger partial charge on any atom is 0.253 e. The number of alkyl halides is 1. The number of nitriles is 1. The zero-order valence-corrected chi connectivity index (χ0v) is 11.7. The fraction of sp³-hybridized carbons (Fsp3) is 0.429. The molecule has 0 N–H and O–H groups in total. The van der Waals surface area contributed by atoms with Crippen LogP contribution in [0.1, 0.15) is 28.8 Å². The molecule has 2 rings (SSSR count). The molecule has 0 bridgehead atoms. The summed E-state index contributed by atoms with van der Waals surface area (Å²) in [6.07, 6.45) is 2.10. The highest BCUT2D eigenvalue weighted by molar-refractivity contribution is 9.09. The van der Waals surface area contributed by atoms with Crippen molar-refractivity contribution in [2.24, 2.45) is 5.92 Å². The summed E-state index contributed by atoms with van der Waals surface area (Å²) < 4.78 is 0. The van der Waals surface area contributed by atoms with E-state index in [1.54, 1.807) is 24.3 Å². The van der Waals surface area contributed by atoms with Gasteiger partial charge in [-0.1, -0.05) is 22.0 Å². The van der Waals surface area contributed by atoms with Crippen molar-refractivity contribution in [3.8, 4) is 6.07 Å². The molecular weight excluding hydrogens is 292 g/mol. The fourth-order valence-corrected chi connectivity index (χ4v) is 2.84. The summed E-state index contributed by atoms with van der Waals surface area (Å²) in [5.41, 5.74) is 1.16. The monoisotopic (exact) mass is 306 g/mol. The molecule has 1 aromatic carbocycles. The molecule has 0 spiro atoms. The van der Waals surface area contributed by atoms with Gasteiger partial charge in [0, 0.05) is 24.0 Å². The van der Waals surface area contributed by atoms with Crippen LogP contribution in [0.4, 0.5) is 0 Å². The molecular formula is C14H15BrN2O. The number of hydrogen-bond acceptors (Lipinski definition) is 2. The summed E-state index contributed by atoms with van der Waals surface area (Å²) in [7, 11) is 0. The normalized spacial score (nSPS) is 16.3. The number of benzene rings is 1. The predicted molar refractivity (Wildman–Crippen MR) is 73.6 cm³/mol. The zero-order chi connectivity index (χ0) is 13.0. The maximum absolute atomic E-state index is 12.3. The Morgan fingerprint density at radius 3 is 2.78 bits per heavy atom. The van der Waals surface area contributed by atoms with E-state index in [0.717, 1.165) is 31.3 Å². The molecule has 18 heavy (non-hydrogen) atoms. The predicted octanol–water partition coefficient (Wildman–Crippen LogP) is 2.81. The Labute approximate surface area is 116 Å². The average molecular weight is 307 g/mol. The molecule has 94 valence electrons. The van der Waals surface area contributed by atoms with Gasteiger partial charge in [0.15, 0.2) is 0 Å². The Morgan fingerprint density at radius 1 is 1.44 bits per heavy atom. The minimum absolute atomic E-state index is 0.0418. The molecule has 0 atom stereocenters. The highest BCUT2D eigenvalue weighted by Crippen LogP contribution is 2.20. The summed E-state index contributed by atoms with van der Waals surface area (Å²) in [4.78, 5) is 14.2. The number of amides is 1. The minimum Gasteiger partial charge on any atom is -0.339 e. The molecule has 1 fully saturated rings. The van der Waals surface area contributed by atoms with Gasteiger partial charge in [0.2, 0.25) is 0 Å². The van der Waals surface area contributed by atoms with Crippen LogP contribution in [0.5, 0.6) is 0 Å². The molecule has 1 aliphatic heterocycles. The number of carbonyl (C=O) groups is 1. The lowest BCUT2D eigenvalue weighted by molar-refractivity contribution is 0.0699. The van der Waals surface area contributed by atoms with Crippen LogP contribution in [-0.4, -0.2) is 29.2 Å². The van der Waals surface area contributed by atoms with E-state index in [0.29, 0.717) is 17.0 Å². The van der Waals surface area contributed by atoms with Gasteiger partial charge >= 0.3 is 0 Å². The van der Waals surface area contributed by atoms with E-state index in [-0.39, 0.29) is 5.91 Å². The van der Waals surface area contributed by atoms with Crippen LogP contribution in [0.2, 0.25) is 0 Å². The molecule has 0 aromatic heterocycles. The van der Waals surface area contributed by atoms with Crippen LogP contribution in [-0.2, 0) is 0 Å². The first-order valence-electron chi connectivity index (χ1n) is 6.10. The van der Waals surface area contributed by atoms with Crippen molar-refractivity contribution in [3.63, 3.8) is 0 Å². The van der Waals surface area contributed by atoms with Crippen LogP contribution in [0, 0.1) is 17.2 Å². The SMILES string of the molecule is N#Cc1cccc(C(=O)N2CCC(CBr)CC2)c1. The highest BCUT2D eigenvalue weighted by atomic mass is 79.9. The number of hydrogen-bond donors (Lipinski definition) is 0. The van der Waals surface area contributed by atoms with Gasteiger partial charge in [-0.2, -0.15) is 5.26 Å². The first-order valence-corrected chi connectivity index (χ1v) is 7.22. The van der Waals surface area contributed by atoms with Crippen molar-refractivity contribution in [2.75, 3.05) is 18.4 Å². The maximum atomic E-state index is 12.3. The van der Waals surface area contributed by atoms with Crippen molar-refractivity contribution < 1.29 is 4.79 Å². The third-order valence-electron chi connectivity index (χ3n) is 3.36. The molecule has 0 saturated carbocycles. The molecule has 1 aromatic rings. The standard InChI is InChI=1S/C14H15BrN2O/c15-9-11-4-6-17(7-5-11)14(18)13-3-1-2-12(8-13)10-16/h1-3,8,11H,4-7,9H2. The first kappa shape index (κ1) is 13.1. The van der Waals surface area contributed by atoms with Gasteiger partial charge in [0.05, 0.1) is 11.6 Å². The van der Waals surface area contributed by atoms with Gasteiger partial charge in [-0.15, -0.1) is 0 Å². The largest absolute Gasteiger partial charge is 0.339 e.